The number of carbonyl (C=O) groups excluding carboxylic acids is 1. The molecule has 1 amide bonds. The van der Waals surface area contributed by atoms with Crippen LogP contribution in [-0.4, -0.2) is 40.1 Å². The maximum absolute atomic E-state index is 12.6. The van der Waals surface area contributed by atoms with E-state index in [0.717, 1.165) is 37.4 Å². The normalized spacial score (nSPS) is 19.5. The van der Waals surface area contributed by atoms with E-state index in [0.29, 0.717) is 5.13 Å². The molecule has 4 rings (SSSR count). The number of fused-ring (bicyclic) bond motifs is 2. The highest BCUT2D eigenvalue weighted by Crippen LogP contribution is 2.43. The van der Waals surface area contributed by atoms with Crippen LogP contribution in [0.1, 0.15) is 42.8 Å². The summed E-state index contributed by atoms with van der Waals surface area (Å²) in [5.41, 5.74) is 2.94. The first-order chi connectivity index (χ1) is 12.6. The molecule has 1 saturated heterocycles. The zero-order chi connectivity index (χ0) is 18.1. The van der Waals surface area contributed by atoms with Gasteiger partial charge in [0.1, 0.15) is 5.01 Å². The molecule has 1 aromatic heterocycles. The molecular formula is C20H24N4OS. The molecule has 2 heterocycles. The van der Waals surface area contributed by atoms with Gasteiger partial charge in [0.2, 0.25) is 11.0 Å². The number of anilines is 1. The molecule has 1 spiro atoms. The number of carbonyl (C=O) groups is 1. The van der Waals surface area contributed by atoms with E-state index in [1.165, 1.54) is 22.5 Å². The molecule has 26 heavy (non-hydrogen) atoms. The maximum atomic E-state index is 12.6. The van der Waals surface area contributed by atoms with Crippen molar-refractivity contribution in [3.8, 4) is 0 Å². The standard InChI is InChI=1S/C20H24N4OS/c1-3-17-22-23-19(26-17)21-18(25)14(2)24-12-10-20(11-13-24)9-8-15-6-4-5-7-16(15)20/h4-9,14H,3,10-13H2,1-2H3,(H,21,23,25). The molecule has 0 radical (unpaired) electrons. The molecule has 5 nitrogen and oxygen atoms in total. The highest BCUT2D eigenvalue weighted by atomic mass is 32.1. The molecular weight excluding hydrogens is 344 g/mol. The van der Waals surface area contributed by atoms with Crippen LogP contribution < -0.4 is 5.32 Å². The van der Waals surface area contributed by atoms with Gasteiger partial charge in [-0.25, -0.2) is 0 Å². The zero-order valence-corrected chi connectivity index (χ0v) is 16.1. The van der Waals surface area contributed by atoms with Crippen LogP contribution in [0.5, 0.6) is 0 Å². The lowest BCUT2D eigenvalue weighted by Gasteiger charge is -2.41. The van der Waals surface area contributed by atoms with Crippen LogP contribution in [0.25, 0.3) is 6.08 Å². The number of rotatable bonds is 4. The third-order valence-electron chi connectivity index (χ3n) is 5.70. The first-order valence-electron chi connectivity index (χ1n) is 9.27. The number of allylic oxidation sites excluding steroid dienone is 1. The molecule has 2 aromatic rings. The second-order valence-electron chi connectivity index (χ2n) is 7.13. The van der Waals surface area contributed by atoms with Gasteiger partial charge >= 0.3 is 0 Å². The SMILES string of the molecule is CCc1nnc(NC(=O)C(C)N2CCC3(C=Cc4ccccc43)CC2)s1. The Morgan fingerprint density at radius 3 is 2.81 bits per heavy atom. The van der Waals surface area contributed by atoms with Gasteiger partial charge in [0.05, 0.1) is 6.04 Å². The molecule has 1 aliphatic carbocycles. The number of benzene rings is 1. The highest BCUT2D eigenvalue weighted by Gasteiger charge is 2.39. The third-order valence-corrected chi connectivity index (χ3v) is 6.68. The molecule has 2 aliphatic rings. The van der Waals surface area contributed by atoms with Crippen molar-refractivity contribution in [1.82, 2.24) is 15.1 Å². The van der Waals surface area contributed by atoms with Gasteiger partial charge in [-0.2, -0.15) is 0 Å². The first-order valence-corrected chi connectivity index (χ1v) is 10.1. The fourth-order valence-corrected chi connectivity index (χ4v) is 4.69. The van der Waals surface area contributed by atoms with Crippen molar-refractivity contribution in [2.45, 2.75) is 44.6 Å². The summed E-state index contributed by atoms with van der Waals surface area (Å²) in [6.45, 7) is 5.86. The second kappa shape index (κ2) is 6.93. The van der Waals surface area contributed by atoms with Crippen LogP contribution >= 0.6 is 11.3 Å². The largest absolute Gasteiger partial charge is 0.299 e. The van der Waals surface area contributed by atoms with E-state index in [1.807, 2.05) is 13.8 Å². The van der Waals surface area contributed by atoms with Crippen LogP contribution in [-0.2, 0) is 16.6 Å². The Morgan fingerprint density at radius 1 is 1.31 bits per heavy atom. The topological polar surface area (TPSA) is 58.1 Å². The molecule has 1 aliphatic heterocycles. The maximum Gasteiger partial charge on any atom is 0.243 e. The average Bonchev–Trinajstić information content (AvgIpc) is 3.27. The summed E-state index contributed by atoms with van der Waals surface area (Å²) in [5.74, 6) is 0.00196. The van der Waals surface area contributed by atoms with Crippen LogP contribution in [0.2, 0.25) is 0 Å². The molecule has 1 unspecified atom stereocenters. The molecule has 1 fully saturated rings. The van der Waals surface area contributed by atoms with E-state index >= 15 is 0 Å². The number of aryl methyl sites for hydroxylation is 1. The summed E-state index contributed by atoms with van der Waals surface area (Å²) in [4.78, 5) is 14.9. The second-order valence-corrected chi connectivity index (χ2v) is 8.19. The highest BCUT2D eigenvalue weighted by molar-refractivity contribution is 7.15. The monoisotopic (exact) mass is 368 g/mol. The Morgan fingerprint density at radius 2 is 2.08 bits per heavy atom. The predicted octanol–water partition coefficient (Wildman–Crippen LogP) is 3.49. The summed E-state index contributed by atoms with van der Waals surface area (Å²) >= 11 is 1.45. The minimum atomic E-state index is -0.165. The lowest BCUT2D eigenvalue weighted by molar-refractivity contribution is -0.121. The number of hydrogen-bond donors (Lipinski definition) is 1. The van der Waals surface area contributed by atoms with Gasteiger partial charge in [0.25, 0.3) is 0 Å². The van der Waals surface area contributed by atoms with Gasteiger partial charge in [0, 0.05) is 18.5 Å². The molecule has 0 bridgehead atoms. The fraction of sp³-hybridized carbons (Fsp3) is 0.450. The smallest absolute Gasteiger partial charge is 0.243 e. The molecule has 0 saturated carbocycles. The van der Waals surface area contributed by atoms with E-state index in [1.54, 1.807) is 0 Å². The summed E-state index contributed by atoms with van der Waals surface area (Å²) in [5, 5.41) is 12.6. The third kappa shape index (κ3) is 3.08. The number of likely N-dealkylation sites (tertiary alicyclic amines) is 1. The van der Waals surface area contributed by atoms with Crippen molar-refractivity contribution in [3.05, 3.63) is 46.5 Å². The van der Waals surface area contributed by atoms with Crippen molar-refractivity contribution < 1.29 is 4.79 Å². The Labute approximate surface area is 158 Å². The van der Waals surface area contributed by atoms with Gasteiger partial charge in [-0.15, -0.1) is 10.2 Å². The van der Waals surface area contributed by atoms with E-state index in [9.17, 15) is 4.79 Å². The van der Waals surface area contributed by atoms with Crippen LogP contribution in [0.3, 0.4) is 0 Å². The average molecular weight is 369 g/mol. The van der Waals surface area contributed by atoms with Crippen molar-refractivity contribution in [1.29, 1.82) is 0 Å². The minimum Gasteiger partial charge on any atom is -0.299 e. The summed E-state index contributed by atoms with van der Waals surface area (Å²) in [7, 11) is 0. The fourth-order valence-electron chi connectivity index (χ4n) is 4.00. The van der Waals surface area contributed by atoms with E-state index < -0.39 is 0 Å². The Bertz CT molecular complexity index is 836. The lowest BCUT2D eigenvalue weighted by atomic mass is 9.74. The first kappa shape index (κ1) is 17.4. The Kier molecular flexibility index (Phi) is 4.63. The van der Waals surface area contributed by atoms with Crippen LogP contribution in [0, 0.1) is 0 Å². The van der Waals surface area contributed by atoms with Crippen LogP contribution in [0.4, 0.5) is 5.13 Å². The Hall–Kier alpha value is -2.05. The van der Waals surface area contributed by atoms with Gasteiger partial charge < -0.3 is 0 Å². The number of nitrogens with one attached hydrogen (secondary N) is 1. The molecule has 1 N–H and O–H groups in total. The van der Waals surface area contributed by atoms with Gasteiger partial charge in [-0.05, 0) is 37.3 Å². The van der Waals surface area contributed by atoms with Crippen molar-refractivity contribution >= 4 is 28.5 Å². The summed E-state index contributed by atoms with van der Waals surface area (Å²) < 4.78 is 0. The summed E-state index contributed by atoms with van der Waals surface area (Å²) in [6, 6.07) is 8.50. The molecule has 1 aromatic carbocycles. The van der Waals surface area contributed by atoms with E-state index in [-0.39, 0.29) is 17.4 Å². The van der Waals surface area contributed by atoms with Gasteiger partial charge in [0.15, 0.2) is 0 Å². The minimum absolute atomic E-state index is 0.00196. The van der Waals surface area contributed by atoms with E-state index in [4.69, 9.17) is 0 Å². The van der Waals surface area contributed by atoms with Gasteiger partial charge in [-0.1, -0.05) is 54.7 Å². The summed E-state index contributed by atoms with van der Waals surface area (Å²) in [6.07, 6.45) is 7.56. The van der Waals surface area contributed by atoms with Crippen molar-refractivity contribution in [2.24, 2.45) is 0 Å². The molecule has 6 heteroatoms. The Balaban J connectivity index is 1.39. The lowest BCUT2D eigenvalue weighted by Crippen LogP contribution is -2.49. The number of amides is 1. The molecule has 1 atom stereocenters. The quantitative estimate of drug-likeness (QED) is 0.897. The molecule has 136 valence electrons. The number of aromatic nitrogens is 2. The predicted molar refractivity (Wildman–Crippen MR) is 105 cm³/mol. The van der Waals surface area contributed by atoms with Gasteiger partial charge in [-0.3, -0.25) is 15.0 Å². The van der Waals surface area contributed by atoms with Crippen molar-refractivity contribution in [2.75, 3.05) is 18.4 Å². The van der Waals surface area contributed by atoms with Crippen LogP contribution in [0.15, 0.2) is 30.3 Å². The number of hydrogen-bond acceptors (Lipinski definition) is 5. The number of piperidine rings is 1. The van der Waals surface area contributed by atoms with Crippen molar-refractivity contribution in [3.63, 3.8) is 0 Å². The number of nitrogens with zero attached hydrogens (tertiary/aromatic N) is 3. The van der Waals surface area contributed by atoms with E-state index in [2.05, 4.69) is 56.8 Å². The zero-order valence-electron chi connectivity index (χ0n) is 15.2.